The number of para-hydroxylation sites is 1. The zero-order valence-corrected chi connectivity index (χ0v) is 15.1. The second-order valence-electron chi connectivity index (χ2n) is 6.26. The number of aromatic amines is 1. The smallest absolute Gasteiger partial charge is 0.216 e. The van der Waals surface area contributed by atoms with Gasteiger partial charge in [-0.15, -0.1) is 0 Å². The summed E-state index contributed by atoms with van der Waals surface area (Å²) >= 11 is 0. The maximum atomic E-state index is 5.94. The van der Waals surface area contributed by atoms with Crippen molar-refractivity contribution in [3.8, 4) is 17.3 Å². The third-order valence-corrected chi connectivity index (χ3v) is 4.36. The van der Waals surface area contributed by atoms with E-state index >= 15 is 0 Å². The highest BCUT2D eigenvalue weighted by atomic mass is 16.5. The lowest BCUT2D eigenvalue weighted by Gasteiger charge is -2.15. The summed E-state index contributed by atoms with van der Waals surface area (Å²) in [5.74, 6) is 3.72. The van der Waals surface area contributed by atoms with Crippen molar-refractivity contribution in [2.24, 2.45) is 4.99 Å². The molecule has 1 aromatic carbocycles. The second-order valence-corrected chi connectivity index (χ2v) is 6.26. The highest BCUT2D eigenvalue weighted by Crippen LogP contribution is 2.27. The van der Waals surface area contributed by atoms with Crippen LogP contribution in [0.2, 0.25) is 0 Å². The van der Waals surface area contributed by atoms with Crippen LogP contribution >= 0.6 is 0 Å². The lowest BCUT2D eigenvalue weighted by molar-refractivity contribution is 0.235. The Morgan fingerprint density at radius 2 is 2.19 bits per heavy atom. The molecule has 1 atom stereocenters. The fourth-order valence-electron chi connectivity index (χ4n) is 3.02. The average molecular weight is 366 g/mol. The van der Waals surface area contributed by atoms with Gasteiger partial charge in [-0.2, -0.15) is 5.10 Å². The first-order valence-corrected chi connectivity index (χ1v) is 8.96. The number of nitrogens with one attached hydrogen (secondary N) is 3. The van der Waals surface area contributed by atoms with Crippen molar-refractivity contribution in [3.05, 3.63) is 54.0 Å². The van der Waals surface area contributed by atoms with Gasteiger partial charge in [0.1, 0.15) is 17.7 Å². The number of aliphatic imine (C=N–C) groups is 1. The summed E-state index contributed by atoms with van der Waals surface area (Å²) in [5, 5.41) is 13.7. The van der Waals surface area contributed by atoms with E-state index in [0.717, 1.165) is 24.0 Å². The maximum Gasteiger partial charge on any atom is 0.216 e. The Hall–Kier alpha value is -3.29. The third-order valence-electron chi connectivity index (χ3n) is 4.36. The molecule has 0 bridgehead atoms. The molecule has 0 spiro atoms. The molecule has 1 unspecified atom stereocenters. The van der Waals surface area contributed by atoms with Crippen LogP contribution in [0.1, 0.15) is 11.4 Å². The molecule has 3 N–H and O–H groups in total. The number of fused-ring (bicyclic) bond motifs is 1. The van der Waals surface area contributed by atoms with E-state index in [4.69, 9.17) is 9.15 Å². The van der Waals surface area contributed by atoms with Gasteiger partial charge in [0.05, 0.1) is 12.8 Å². The van der Waals surface area contributed by atoms with Gasteiger partial charge in [-0.25, -0.2) is 4.98 Å². The lowest BCUT2D eigenvalue weighted by Crippen LogP contribution is -2.42. The Kier molecular flexibility index (Phi) is 5.04. The fraction of sp³-hybridized carbons (Fsp3) is 0.316. The zero-order chi connectivity index (χ0) is 18.5. The van der Waals surface area contributed by atoms with E-state index < -0.39 is 0 Å². The predicted octanol–water partition coefficient (Wildman–Crippen LogP) is 1.78. The number of rotatable bonds is 6. The highest BCUT2D eigenvalue weighted by molar-refractivity contribution is 5.79. The molecule has 8 heteroatoms. The maximum absolute atomic E-state index is 5.94. The first-order valence-electron chi connectivity index (χ1n) is 8.96. The Labute approximate surface area is 157 Å². The molecule has 8 nitrogen and oxygen atoms in total. The number of guanidine groups is 1. The lowest BCUT2D eigenvalue weighted by atomic mass is 10.1. The van der Waals surface area contributed by atoms with Crippen LogP contribution in [-0.2, 0) is 12.8 Å². The summed E-state index contributed by atoms with van der Waals surface area (Å²) in [6.45, 7) is 1.37. The van der Waals surface area contributed by atoms with Gasteiger partial charge >= 0.3 is 0 Å². The van der Waals surface area contributed by atoms with Crippen LogP contribution in [0, 0.1) is 0 Å². The first-order chi connectivity index (χ1) is 13.3. The van der Waals surface area contributed by atoms with Crippen molar-refractivity contribution in [1.82, 2.24) is 25.8 Å². The molecule has 1 aliphatic rings. The van der Waals surface area contributed by atoms with Crippen LogP contribution in [-0.4, -0.2) is 47.4 Å². The van der Waals surface area contributed by atoms with Gasteiger partial charge in [0, 0.05) is 26.4 Å². The van der Waals surface area contributed by atoms with E-state index in [-0.39, 0.29) is 6.10 Å². The van der Waals surface area contributed by atoms with Crippen molar-refractivity contribution in [2.45, 2.75) is 18.9 Å². The van der Waals surface area contributed by atoms with Crippen LogP contribution in [0.5, 0.6) is 5.75 Å². The number of benzene rings is 1. The molecular weight excluding hydrogens is 344 g/mol. The summed E-state index contributed by atoms with van der Waals surface area (Å²) in [6, 6.07) is 11.8. The van der Waals surface area contributed by atoms with E-state index in [1.165, 1.54) is 5.56 Å². The summed E-state index contributed by atoms with van der Waals surface area (Å²) in [5.41, 5.74) is 1.25. The van der Waals surface area contributed by atoms with Gasteiger partial charge < -0.3 is 19.8 Å². The normalized spacial score (nSPS) is 16.0. The molecule has 0 amide bonds. The summed E-state index contributed by atoms with van der Waals surface area (Å²) < 4.78 is 11.2. The molecule has 140 valence electrons. The number of ether oxygens (including phenoxy) is 1. The van der Waals surface area contributed by atoms with Gasteiger partial charge in [-0.05, 0) is 23.8 Å². The van der Waals surface area contributed by atoms with Crippen molar-refractivity contribution in [2.75, 3.05) is 20.1 Å². The number of hydrogen-bond acceptors (Lipinski definition) is 5. The number of hydrogen-bond donors (Lipinski definition) is 3. The van der Waals surface area contributed by atoms with Crippen molar-refractivity contribution in [1.29, 1.82) is 0 Å². The summed E-state index contributed by atoms with van der Waals surface area (Å²) in [4.78, 5) is 8.68. The Bertz CT molecular complexity index is 878. The van der Waals surface area contributed by atoms with Gasteiger partial charge in [0.15, 0.2) is 11.7 Å². The van der Waals surface area contributed by atoms with Crippen LogP contribution in [0.3, 0.4) is 0 Å². The minimum Gasteiger partial charge on any atom is -0.488 e. The van der Waals surface area contributed by atoms with Crippen molar-refractivity contribution < 1.29 is 9.15 Å². The minimum atomic E-state index is 0.117. The van der Waals surface area contributed by atoms with E-state index in [9.17, 15) is 0 Å². The van der Waals surface area contributed by atoms with Crippen LogP contribution in [0.4, 0.5) is 0 Å². The number of nitrogens with zero attached hydrogens (tertiary/aromatic N) is 3. The molecule has 0 radical (unpaired) electrons. The molecule has 3 aromatic rings. The molecule has 2 aromatic heterocycles. The Morgan fingerprint density at radius 1 is 1.26 bits per heavy atom. The van der Waals surface area contributed by atoms with Crippen LogP contribution in [0.15, 0.2) is 52.1 Å². The van der Waals surface area contributed by atoms with Gasteiger partial charge in [-0.1, -0.05) is 18.2 Å². The number of furan rings is 1. The molecule has 3 heterocycles. The monoisotopic (exact) mass is 366 g/mol. The fourth-order valence-corrected chi connectivity index (χ4v) is 3.02. The quantitative estimate of drug-likeness (QED) is 0.454. The Morgan fingerprint density at radius 3 is 3.00 bits per heavy atom. The molecule has 4 rings (SSSR count). The van der Waals surface area contributed by atoms with Gasteiger partial charge in [0.25, 0.3) is 0 Å². The SMILES string of the molecule is CN=C(NCCc1nc(-c2ccco2)n[nH]1)NCC1Cc2ccccc2O1. The van der Waals surface area contributed by atoms with Crippen LogP contribution in [0.25, 0.3) is 11.6 Å². The van der Waals surface area contributed by atoms with E-state index in [1.807, 2.05) is 30.3 Å². The predicted molar refractivity (Wildman–Crippen MR) is 102 cm³/mol. The largest absolute Gasteiger partial charge is 0.488 e. The standard InChI is InChI=1S/C19H22N6O2/c1-20-19(22-12-14-11-13-5-2-3-6-15(13)27-14)21-9-8-17-23-18(25-24-17)16-7-4-10-26-16/h2-7,10,14H,8-9,11-12H2,1H3,(H2,20,21,22)(H,23,24,25). The topological polar surface area (TPSA) is 100 Å². The van der Waals surface area contributed by atoms with E-state index in [1.54, 1.807) is 13.3 Å². The van der Waals surface area contributed by atoms with Crippen molar-refractivity contribution in [3.63, 3.8) is 0 Å². The van der Waals surface area contributed by atoms with Gasteiger partial charge in [0.2, 0.25) is 5.82 Å². The first kappa shape index (κ1) is 17.1. The molecular formula is C19H22N6O2. The number of aromatic nitrogens is 3. The molecule has 1 aliphatic heterocycles. The zero-order valence-electron chi connectivity index (χ0n) is 15.1. The molecule has 0 fully saturated rings. The minimum absolute atomic E-state index is 0.117. The van der Waals surface area contributed by atoms with E-state index in [0.29, 0.717) is 31.1 Å². The molecule has 27 heavy (non-hydrogen) atoms. The van der Waals surface area contributed by atoms with Crippen LogP contribution < -0.4 is 15.4 Å². The summed E-state index contributed by atoms with van der Waals surface area (Å²) in [7, 11) is 1.75. The summed E-state index contributed by atoms with van der Waals surface area (Å²) in [6.07, 6.45) is 3.33. The average Bonchev–Trinajstić information content (AvgIpc) is 3.44. The molecule has 0 saturated carbocycles. The van der Waals surface area contributed by atoms with E-state index in [2.05, 4.69) is 36.9 Å². The molecule has 0 aliphatic carbocycles. The second kappa shape index (κ2) is 7.94. The van der Waals surface area contributed by atoms with Gasteiger partial charge in [-0.3, -0.25) is 10.1 Å². The number of H-pyrrole nitrogens is 1. The van der Waals surface area contributed by atoms with Crippen molar-refractivity contribution >= 4 is 5.96 Å². The highest BCUT2D eigenvalue weighted by Gasteiger charge is 2.22. The molecule has 0 saturated heterocycles. The Balaban J connectivity index is 1.21. The third kappa shape index (κ3) is 4.11.